The summed E-state index contributed by atoms with van der Waals surface area (Å²) in [6, 6.07) is 0. The molecule has 0 aromatic rings. The van der Waals surface area contributed by atoms with Crippen LogP contribution < -0.4 is 0 Å². The summed E-state index contributed by atoms with van der Waals surface area (Å²) in [4.78, 5) is 26.8. The summed E-state index contributed by atoms with van der Waals surface area (Å²) < 4.78 is 0. The third kappa shape index (κ3) is 6.90. The van der Waals surface area contributed by atoms with E-state index < -0.39 is 5.97 Å². The predicted octanol–water partition coefficient (Wildman–Crippen LogP) is 3.73. The van der Waals surface area contributed by atoms with Gasteiger partial charge in [0.2, 0.25) is 5.91 Å². The molecule has 5 heteroatoms. The molecule has 0 aliphatic heterocycles. The van der Waals surface area contributed by atoms with Crippen molar-refractivity contribution >= 4 is 11.9 Å². The molecule has 0 aromatic carbocycles. The van der Waals surface area contributed by atoms with Crippen LogP contribution in [0.3, 0.4) is 0 Å². The molecule has 23 heavy (non-hydrogen) atoms. The summed E-state index contributed by atoms with van der Waals surface area (Å²) in [5, 5.41) is 9.87. The first-order valence-corrected chi connectivity index (χ1v) is 8.89. The number of rotatable bonds is 7. The Kier molecular flexibility index (Phi) is 8.59. The Hall–Kier alpha value is -1.10. The monoisotopic (exact) mass is 327 g/mol. The molecule has 0 bridgehead atoms. The second-order valence-corrected chi connectivity index (χ2v) is 7.22. The van der Waals surface area contributed by atoms with E-state index in [9.17, 15) is 9.59 Å². The fourth-order valence-electron chi connectivity index (χ4n) is 3.06. The van der Waals surface area contributed by atoms with Gasteiger partial charge in [0.05, 0.1) is 13.0 Å². The van der Waals surface area contributed by atoms with Crippen molar-refractivity contribution in [2.24, 2.45) is 23.7 Å². The average Bonchev–Trinajstić information content (AvgIpc) is 2.45. The number of aliphatic carboxylic acids is 1. The maximum absolute atomic E-state index is 11.6. The van der Waals surface area contributed by atoms with Gasteiger partial charge in [-0.3, -0.25) is 14.4 Å². The van der Waals surface area contributed by atoms with Crippen molar-refractivity contribution in [3.63, 3.8) is 0 Å². The lowest BCUT2D eigenvalue weighted by atomic mass is 9.79. The zero-order valence-electron chi connectivity index (χ0n) is 15.1. The molecule has 1 amide bonds. The first kappa shape index (κ1) is 19.9. The molecule has 0 radical (unpaired) electrons. The molecular formula is C18H33NO4. The largest absolute Gasteiger partial charge is 0.481 e. The van der Waals surface area contributed by atoms with Gasteiger partial charge < -0.3 is 5.11 Å². The predicted molar refractivity (Wildman–Crippen MR) is 89.7 cm³/mol. The number of carbonyl (C=O) groups is 2. The van der Waals surface area contributed by atoms with Gasteiger partial charge in [0, 0.05) is 13.0 Å². The van der Waals surface area contributed by atoms with E-state index in [1.807, 2.05) is 6.92 Å². The molecule has 0 spiro atoms. The molecular weight excluding hydrogens is 294 g/mol. The Morgan fingerprint density at radius 3 is 1.78 bits per heavy atom. The minimum absolute atomic E-state index is 0.0920. The molecule has 0 saturated heterocycles. The number of nitrogens with zero attached hydrogens (tertiary/aromatic N) is 1. The van der Waals surface area contributed by atoms with Crippen molar-refractivity contribution in [3.8, 4) is 0 Å². The average molecular weight is 327 g/mol. The van der Waals surface area contributed by atoms with Gasteiger partial charge in [0.1, 0.15) is 0 Å². The Morgan fingerprint density at radius 2 is 1.48 bits per heavy atom. The van der Waals surface area contributed by atoms with Gasteiger partial charge in [0.25, 0.3) is 0 Å². The molecule has 5 nitrogen and oxygen atoms in total. The minimum atomic E-state index is -0.646. The van der Waals surface area contributed by atoms with Gasteiger partial charge in [0.15, 0.2) is 0 Å². The van der Waals surface area contributed by atoms with Crippen LogP contribution in [-0.2, 0) is 14.4 Å². The standard InChI is InChI=1S/C10H19NO2.C8H14O2/c1-8(7-9-5-4-6-9)10(12)11(2)13-3;1-6(8(9)10)5-7-3-2-4-7/h8-9H,4-7H2,1-3H3;6-7H,2-5H2,1H3,(H,9,10). The Balaban J connectivity index is 0.000000238. The van der Waals surface area contributed by atoms with Gasteiger partial charge in [-0.25, -0.2) is 5.06 Å². The van der Waals surface area contributed by atoms with E-state index in [1.165, 1.54) is 50.7 Å². The summed E-state index contributed by atoms with van der Waals surface area (Å²) in [6.07, 6.45) is 9.64. The van der Waals surface area contributed by atoms with Crippen molar-refractivity contribution in [2.45, 2.75) is 65.2 Å². The number of carboxylic acid groups (broad SMARTS) is 1. The van der Waals surface area contributed by atoms with Gasteiger partial charge in [-0.2, -0.15) is 0 Å². The molecule has 2 fully saturated rings. The number of carbonyl (C=O) groups excluding carboxylic acids is 1. The van der Waals surface area contributed by atoms with Gasteiger partial charge in [-0.05, 0) is 24.7 Å². The highest BCUT2D eigenvalue weighted by Crippen LogP contribution is 2.33. The lowest BCUT2D eigenvalue weighted by molar-refractivity contribution is -0.173. The molecule has 2 rings (SSSR count). The molecule has 134 valence electrons. The normalized spacial score (nSPS) is 20.3. The highest BCUT2D eigenvalue weighted by Gasteiger charge is 2.25. The summed E-state index contributed by atoms with van der Waals surface area (Å²) in [5.41, 5.74) is 0. The number of carboxylic acids is 1. The lowest BCUT2D eigenvalue weighted by Gasteiger charge is -2.28. The highest BCUT2D eigenvalue weighted by atomic mass is 16.7. The van der Waals surface area contributed by atoms with Gasteiger partial charge in [-0.1, -0.05) is 52.4 Å². The van der Waals surface area contributed by atoms with Crippen LogP contribution in [0.15, 0.2) is 0 Å². The van der Waals surface area contributed by atoms with Crippen molar-refractivity contribution in [1.29, 1.82) is 0 Å². The van der Waals surface area contributed by atoms with Crippen molar-refractivity contribution < 1.29 is 19.5 Å². The number of hydroxylamine groups is 2. The summed E-state index contributed by atoms with van der Waals surface area (Å²) in [7, 11) is 3.19. The Morgan fingerprint density at radius 1 is 1.04 bits per heavy atom. The maximum Gasteiger partial charge on any atom is 0.306 e. The third-order valence-electron chi connectivity index (χ3n) is 5.25. The second kappa shape index (κ2) is 9.91. The van der Waals surface area contributed by atoms with Crippen molar-refractivity contribution in [2.75, 3.05) is 14.2 Å². The molecule has 2 unspecified atom stereocenters. The van der Waals surface area contributed by atoms with E-state index >= 15 is 0 Å². The van der Waals surface area contributed by atoms with Crippen LogP contribution in [0.25, 0.3) is 0 Å². The van der Waals surface area contributed by atoms with Gasteiger partial charge >= 0.3 is 5.97 Å². The first-order chi connectivity index (χ1) is 10.8. The zero-order valence-corrected chi connectivity index (χ0v) is 15.1. The number of amides is 1. The molecule has 1 N–H and O–H groups in total. The molecule has 2 aliphatic rings. The van der Waals surface area contributed by atoms with E-state index in [2.05, 4.69) is 0 Å². The van der Waals surface area contributed by atoms with Crippen LogP contribution >= 0.6 is 0 Å². The molecule has 2 saturated carbocycles. The SMILES string of the molecule is CC(CC1CCC1)C(=O)O.CON(C)C(=O)C(C)CC1CCC1. The van der Waals surface area contributed by atoms with E-state index in [-0.39, 0.29) is 17.7 Å². The van der Waals surface area contributed by atoms with E-state index in [4.69, 9.17) is 9.94 Å². The third-order valence-corrected chi connectivity index (χ3v) is 5.25. The van der Waals surface area contributed by atoms with Crippen LogP contribution in [0.4, 0.5) is 0 Å². The zero-order chi connectivity index (χ0) is 17.4. The highest BCUT2D eigenvalue weighted by molar-refractivity contribution is 5.77. The topological polar surface area (TPSA) is 66.8 Å². The van der Waals surface area contributed by atoms with Crippen molar-refractivity contribution in [1.82, 2.24) is 5.06 Å². The minimum Gasteiger partial charge on any atom is -0.481 e. The van der Waals surface area contributed by atoms with Crippen LogP contribution in [-0.4, -0.2) is 36.2 Å². The quantitative estimate of drug-likeness (QED) is 0.724. The van der Waals surface area contributed by atoms with Crippen LogP contribution in [0.5, 0.6) is 0 Å². The summed E-state index contributed by atoms with van der Waals surface area (Å²) in [6.45, 7) is 3.77. The van der Waals surface area contributed by atoms with Crippen LogP contribution in [0, 0.1) is 23.7 Å². The Bertz CT molecular complexity index is 377. The smallest absolute Gasteiger partial charge is 0.306 e. The molecule has 0 aromatic heterocycles. The maximum atomic E-state index is 11.6. The van der Waals surface area contributed by atoms with Crippen LogP contribution in [0.2, 0.25) is 0 Å². The summed E-state index contributed by atoms with van der Waals surface area (Å²) in [5.74, 6) is 0.914. The molecule has 2 aliphatic carbocycles. The number of hydrogen-bond donors (Lipinski definition) is 1. The molecule has 2 atom stereocenters. The fourth-order valence-corrected chi connectivity index (χ4v) is 3.06. The van der Waals surface area contributed by atoms with Gasteiger partial charge in [-0.15, -0.1) is 0 Å². The van der Waals surface area contributed by atoms with Crippen molar-refractivity contribution in [3.05, 3.63) is 0 Å². The summed E-state index contributed by atoms with van der Waals surface area (Å²) >= 11 is 0. The Labute approximate surface area is 140 Å². The number of hydrogen-bond acceptors (Lipinski definition) is 3. The fraction of sp³-hybridized carbons (Fsp3) is 0.889. The van der Waals surface area contributed by atoms with Crippen LogP contribution in [0.1, 0.15) is 65.2 Å². The molecule has 0 heterocycles. The van der Waals surface area contributed by atoms with E-state index in [0.717, 1.165) is 18.8 Å². The van der Waals surface area contributed by atoms with E-state index in [1.54, 1.807) is 14.0 Å². The first-order valence-electron chi connectivity index (χ1n) is 8.89. The lowest BCUT2D eigenvalue weighted by Crippen LogP contribution is -2.32. The second-order valence-electron chi connectivity index (χ2n) is 7.22. The van der Waals surface area contributed by atoms with E-state index in [0.29, 0.717) is 5.92 Å².